The summed E-state index contributed by atoms with van der Waals surface area (Å²) in [4.78, 5) is 8.59. The fourth-order valence-corrected chi connectivity index (χ4v) is 4.02. The Hall–Kier alpha value is -0.160. The smallest absolute Gasteiger partial charge is 0.107 e. The molecule has 0 aliphatic carbocycles. The summed E-state index contributed by atoms with van der Waals surface area (Å²) in [5.74, 6) is 1.76. The van der Waals surface area contributed by atoms with Crippen molar-refractivity contribution in [3.05, 3.63) is 16.1 Å². The van der Waals surface area contributed by atoms with Crippen molar-refractivity contribution in [2.45, 2.75) is 32.7 Å². The van der Waals surface area contributed by atoms with Crippen LogP contribution in [0, 0.1) is 11.8 Å². The molecule has 2 atom stereocenters. The minimum absolute atomic E-state index is 0. The van der Waals surface area contributed by atoms with Crippen LogP contribution in [0.1, 0.15) is 30.7 Å². The van der Waals surface area contributed by atoms with Crippen LogP contribution in [0.5, 0.6) is 0 Å². The lowest BCUT2D eigenvalue weighted by Crippen LogP contribution is -2.25. The summed E-state index contributed by atoms with van der Waals surface area (Å²) in [6, 6.07) is 0. The van der Waals surface area contributed by atoms with E-state index in [0.717, 1.165) is 18.4 Å². The lowest BCUT2D eigenvalue weighted by Gasteiger charge is -2.16. The topological polar surface area (TPSA) is 28.2 Å². The molecule has 2 aliphatic rings. The van der Waals surface area contributed by atoms with Gasteiger partial charge in [-0.1, -0.05) is 20.8 Å². The van der Waals surface area contributed by atoms with Crippen molar-refractivity contribution in [3.63, 3.8) is 0 Å². The largest absolute Gasteiger partial charge is 0.316 e. The highest BCUT2D eigenvalue weighted by Gasteiger charge is 2.36. The lowest BCUT2D eigenvalue weighted by atomic mass is 9.96. The fourth-order valence-electron chi connectivity index (χ4n) is 3.00. The molecule has 0 unspecified atom stereocenters. The summed E-state index contributed by atoms with van der Waals surface area (Å²) >= 11 is 1.89. The number of nitrogens with one attached hydrogen (secondary N) is 1. The molecule has 108 valence electrons. The predicted octanol–water partition coefficient (Wildman–Crippen LogP) is 2.51. The summed E-state index contributed by atoms with van der Waals surface area (Å²) < 4.78 is 0. The molecule has 0 saturated carbocycles. The zero-order valence-electron chi connectivity index (χ0n) is 12.0. The second kappa shape index (κ2) is 5.68. The average molecular weight is 302 g/mol. The number of fused-ring (bicyclic) bond motifs is 1. The highest BCUT2D eigenvalue weighted by Crippen LogP contribution is 2.31. The van der Waals surface area contributed by atoms with E-state index >= 15 is 0 Å². The Morgan fingerprint density at radius 2 is 1.95 bits per heavy atom. The van der Waals surface area contributed by atoms with Gasteiger partial charge in [-0.15, -0.1) is 23.7 Å². The third-order valence-corrected chi connectivity index (χ3v) is 5.52. The van der Waals surface area contributed by atoms with Gasteiger partial charge in [-0.2, -0.15) is 0 Å². The van der Waals surface area contributed by atoms with E-state index in [0.29, 0.717) is 0 Å². The van der Waals surface area contributed by atoms with E-state index in [4.69, 9.17) is 0 Å². The average Bonchev–Trinajstić information content (AvgIpc) is 2.90. The molecule has 1 aromatic heterocycles. The summed E-state index contributed by atoms with van der Waals surface area (Å²) in [6.45, 7) is 12.8. The monoisotopic (exact) mass is 301 g/mol. The molecule has 2 aliphatic heterocycles. The van der Waals surface area contributed by atoms with Crippen molar-refractivity contribution >= 4 is 23.7 Å². The van der Waals surface area contributed by atoms with Crippen LogP contribution >= 0.6 is 23.7 Å². The van der Waals surface area contributed by atoms with Crippen LogP contribution in [0.25, 0.3) is 0 Å². The van der Waals surface area contributed by atoms with E-state index in [1.54, 1.807) is 0 Å². The Balaban J connectivity index is 0.00000133. The van der Waals surface area contributed by atoms with Gasteiger partial charge >= 0.3 is 0 Å². The van der Waals surface area contributed by atoms with Gasteiger partial charge in [0.1, 0.15) is 5.01 Å². The van der Waals surface area contributed by atoms with Crippen LogP contribution in [0.15, 0.2) is 6.20 Å². The minimum atomic E-state index is 0. The van der Waals surface area contributed by atoms with Crippen molar-refractivity contribution in [1.82, 2.24) is 15.2 Å². The Bertz CT molecular complexity index is 415. The highest BCUT2D eigenvalue weighted by molar-refractivity contribution is 7.11. The Labute approximate surface area is 126 Å². The maximum Gasteiger partial charge on any atom is 0.107 e. The summed E-state index contributed by atoms with van der Waals surface area (Å²) in [5.41, 5.74) is 0.237. The molecule has 0 amide bonds. The van der Waals surface area contributed by atoms with Gasteiger partial charge in [-0.25, -0.2) is 4.98 Å². The number of hydrogen-bond acceptors (Lipinski definition) is 4. The summed E-state index contributed by atoms with van der Waals surface area (Å²) in [7, 11) is 0. The molecular weight excluding hydrogens is 278 g/mol. The van der Waals surface area contributed by atoms with Gasteiger partial charge in [0.2, 0.25) is 0 Å². The van der Waals surface area contributed by atoms with E-state index < -0.39 is 0 Å². The van der Waals surface area contributed by atoms with E-state index in [-0.39, 0.29) is 17.8 Å². The molecule has 3 heterocycles. The molecule has 0 aromatic carbocycles. The molecule has 2 saturated heterocycles. The molecule has 0 bridgehead atoms. The van der Waals surface area contributed by atoms with Gasteiger partial charge in [-0.3, -0.25) is 4.90 Å². The van der Waals surface area contributed by atoms with Crippen molar-refractivity contribution < 1.29 is 0 Å². The maximum absolute atomic E-state index is 4.60. The number of hydrogen-bond donors (Lipinski definition) is 1. The fraction of sp³-hybridized carbons (Fsp3) is 0.786. The van der Waals surface area contributed by atoms with Gasteiger partial charge in [0, 0.05) is 24.2 Å². The number of thiazole rings is 1. The van der Waals surface area contributed by atoms with Crippen LogP contribution in [-0.2, 0) is 12.0 Å². The van der Waals surface area contributed by atoms with Gasteiger partial charge in [0.05, 0.1) is 6.54 Å². The first-order valence-electron chi connectivity index (χ1n) is 6.90. The van der Waals surface area contributed by atoms with Crippen LogP contribution in [-0.4, -0.2) is 36.1 Å². The molecule has 2 fully saturated rings. The Kier molecular flexibility index (Phi) is 4.56. The number of rotatable bonds is 2. The van der Waals surface area contributed by atoms with Crippen LogP contribution in [0.4, 0.5) is 0 Å². The van der Waals surface area contributed by atoms with Gasteiger partial charge < -0.3 is 5.32 Å². The lowest BCUT2D eigenvalue weighted by molar-refractivity contribution is 0.305. The zero-order chi connectivity index (χ0) is 12.8. The third-order valence-electron chi connectivity index (χ3n) is 4.12. The quantitative estimate of drug-likeness (QED) is 0.910. The number of nitrogens with zero attached hydrogens (tertiary/aromatic N) is 2. The molecule has 0 radical (unpaired) electrons. The van der Waals surface area contributed by atoms with E-state index in [1.165, 1.54) is 36.1 Å². The molecule has 19 heavy (non-hydrogen) atoms. The second-order valence-corrected chi connectivity index (χ2v) is 7.86. The van der Waals surface area contributed by atoms with Crippen molar-refractivity contribution in [3.8, 4) is 0 Å². The predicted molar refractivity (Wildman–Crippen MR) is 83.2 cm³/mol. The maximum atomic E-state index is 4.60. The van der Waals surface area contributed by atoms with Crippen LogP contribution < -0.4 is 5.32 Å². The molecule has 3 nitrogen and oxygen atoms in total. The second-order valence-electron chi connectivity index (χ2n) is 6.74. The highest BCUT2D eigenvalue weighted by atomic mass is 35.5. The Morgan fingerprint density at radius 3 is 2.47 bits per heavy atom. The van der Waals surface area contributed by atoms with Crippen LogP contribution in [0.2, 0.25) is 0 Å². The SMILES string of the molecule is CC(C)(C)c1cnc(CN2C[C@H]3CNC[C@H]3C2)s1.Cl. The van der Waals surface area contributed by atoms with E-state index in [2.05, 4.69) is 42.2 Å². The standard InChI is InChI=1S/C14H23N3S.ClH/c1-14(2,3)12-6-16-13(18-12)9-17-7-10-4-15-5-11(10)8-17;/h6,10-11,15H,4-5,7-9H2,1-3H3;1H/t10-,11+;. The first-order chi connectivity index (χ1) is 8.52. The van der Waals surface area contributed by atoms with Gasteiger partial charge in [-0.05, 0) is 30.3 Å². The molecule has 3 rings (SSSR count). The third kappa shape index (κ3) is 3.30. The molecule has 1 N–H and O–H groups in total. The molecule has 1 aromatic rings. The number of halogens is 1. The first-order valence-corrected chi connectivity index (χ1v) is 7.72. The number of aromatic nitrogens is 1. The van der Waals surface area contributed by atoms with Crippen molar-refractivity contribution in [1.29, 1.82) is 0 Å². The molecular formula is C14H24ClN3S. The normalized spacial score (nSPS) is 27.3. The molecule has 0 spiro atoms. The first kappa shape index (κ1) is 15.2. The zero-order valence-corrected chi connectivity index (χ0v) is 13.6. The van der Waals surface area contributed by atoms with Gasteiger partial charge in [0.25, 0.3) is 0 Å². The van der Waals surface area contributed by atoms with Crippen LogP contribution in [0.3, 0.4) is 0 Å². The van der Waals surface area contributed by atoms with E-state index in [1.807, 2.05) is 11.3 Å². The van der Waals surface area contributed by atoms with E-state index in [9.17, 15) is 0 Å². The van der Waals surface area contributed by atoms with Crippen molar-refractivity contribution in [2.75, 3.05) is 26.2 Å². The van der Waals surface area contributed by atoms with Crippen molar-refractivity contribution in [2.24, 2.45) is 11.8 Å². The van der Waals surface area contributed by atoms with Gasteiger partial charge in [0.15, 0.2) is 0 Å². The summed E-state index contributed by atoms with van der Waals surface area (Å²) in [5, 5.41) is 4.78. The summed E-state index contributed by atoms with van der Waals surface area (Å²) in [6.07, 6.45) is 2.07. The molecule has 5 heteroatoms. The minimum Gasteiger partial charge on any atom is -0.316 e. The Morgan fingerprint density at radius 1 is 1.32 bits per heavy atom. The number of likely N-dealkylation sites (tertiary alicyclic amines) is 1.